The number of carbonyl (C=O) groups excluding carboxylic acids is 1. The standard InChI is InChI=1S/C14H12FN3O2/c15-11-2-1-3-12(10(11)8-16)18-13(19)14(9-17)4-6-20-7-5-14/h1-3H,4-7H2,(H,18,19). The highest BCUT2D eigenvalue weighted by molar-refractivity contribution is 5.98. The number of ether oxygens (including phenoxy) is 1. The summed E-state index contributed by atoms with van der Waals surface area (Å²) in [6, 6.07) is 7.70. The topological polar surface area (TPSA) is 85.9 Å². The molecule has 1 heterocycles. The van der Waals surface area contributed by atoms with Crippen LogP contribution in [0.3, 0.4) is 0 Å². The van der Waals surface area contributed by atoms with E-state index < -0.39 is 17.1 Å². The van der Waals surface area contributed by atoms with E-state index in [0.717, 1.165) is 6.07 Å². The zero-order valence-electron chi connectivity index (χ0n) is 10.6. The van der Waals surface area contributed by atoms with E-state index in [0.29, 0.717) is 13.2 Å². The van der Waals surface area contributed by atoms with Gasteiger partial charge in [-0.25, -0.2) is 4.39 Å². The van der Waals surface area contributed by atoms with Crippen LogP contribution in [-0.2, 0) is 9.53 Å². The molecule has 1 aromatic carbocycles. The lowest BCUT2D eigenvalue weighted by atomic mass is 9.81. The first-order valence-corrected chi connectivity index (χ1v) is 6.12. The second kappa shape index (κ2) is 5.68. The highest BCUT2D eigenvalue weighted by atomic mass is 19.1. The molecule has 1 aliphatic heterocycles. The predicted molar refractivity (Wildman–Crippen MR) is 67.8 cm³/mol. The molecule has 0 unspecified atom stereocenters. The molecule has 102 valence electrons. The van der Waals surface area contributed by atoms with Crippen LogP contribution in [0.5, 0.6) is 0 Å². The van der Waals surface area contributed by atoms with Crippen LogP contribution in [-0.4, -0.2) is 19.1 Å². The van der Waals surface area contributed by atoms with Gasteiger partial charge in [0.2, 0.25) is 5.91 Å². The minimum Gasteiger partial charge on any atom is -0.381 e. The fraction of sp³-hybridized carbons (Fsp3) is 0.357. The molecule has 1 amide bonds. The Labute approximate surface area is 115 Å². The smallest absolute Gasteiger partial charge is 0.245 e. The van der Waals surface area contributed by atoms with Crippen molar-refractivity contribution in [1.29, 1.82) is 10.5 Å². The van der Waals surface area contributed by atoms with Crippen LogP contribution in [0.2, 0.25) is 0 Å². The number of nitrogens with zero attached hydrogens (tertiary/aromatic N) is 2. The zero-order valence-corrected chi connectivity index (χ0v) is 10.6. The SMILES string of the molecule is N#Cc1c(F)cccc1NC(=O)C1(C#N)CCOCC1. The first-order chi connectivity index (χ1) is 9.63. The Hall–Kier alpha value is -2.44. The first-order valence-electron chi connectivity index (χ1n) is 6.12. The second-order valence-corrected chi connectivity index (χ2v) is 4.53. The average molecular weight is 273 g/mol. The molecule has 20 heavy (non-hydrogen) atoms. The largest absolute Gasteiger partial charge is 0.381 e. The van der Waals surface area contributed by atoms with Crippen molar-refractivity contribution in [2.24, 2.45) is 5.41 Å². The van der Waals surface area contributed by atoms with Crippen molar-refractivity contribution in [1.82, 2.24) is 0 Å². The molecule has 0 aromatic heterocycles. The Morgan fingerprint density at radius 2 is 2.05 bits per heavy atom. The maximum atomic E-state index is 13.5. The summed E-state index contributed by atoms with van der Waals surface area (Å²) in [6.45, 7) is 0.657. The molecule has 0 saturated carbocycles. The number of benzene rings is 1. The number of hydrogen-bond donors (Lipinski definition) is 1. The molecule has 0 spiro atoms. The Morgan fingerprint density at radius 3 is 2.65 bits per heavy atom. The molecule has 0 atom stereocenters. The van der Waals surface area contributed by atoms with Crippen molar-refractivity contribution >= 4 is 11.6 Å². The third kappa shape index (κ3) is 2.47. The summed E-state index contributed by atoms with van der Waals surface area (Å²) >= 11 is 0. The average Bonchev–Trinajstić information content (AvgIpc) is 2.48. The van der Waals surface area contributed by atoms with E-state index in [1.54, 1.807) is 6.07 Å². The van der Waals surface area contributed by atoms with E-state index in [9.17, 15) is 14.4 Å². The fourth-order valence-electron chi connectivity index (χ4n) is 2.09. The Morgan fingerprint density at radius 1 is 1.35 bits per heavy atom. The van der Waals surface area contributed by atoms with E-state index in [2.05, 4.69) is 5.32 Å². The second-order valence-electron chi connectivity index (χ2n) is 4.53. The number of nitriles is 2. The quantitative estimate of drug-likeness (QED) is 0.892. The van der Waals surface area contributed by atoms with Crippen molar-refractivity contribution < 1.29 is 13.9 Å². The summed E-state index contributed by atoms with van der Waals surface area (Å²) in [4.78, 5) is 12.3. The van der Waals surface area contributed by atoms with Crippen molar-refractivity contribution in [3.05, 3.63) is 29.6 Å². The van der Waals surface area contributed by atoms with E-state index in [1.807, 2.05) is 6.07 Å². The summed E-state index contributed by atoms with van der Waals surface area (Å²) in [5, 5.41) is 20.7. The van der Waals surface area contributed by atoms with Gasteiger partial charge in [0.15, 0.2) is 0 Å². The lowest BCUT2D eigenvalue weighted by Crippen LogP contribution is -2.40. The van der Waals surface area contributed by atoms with E-state index in [4.69, 9.17) is 10.00 Å². The zero-order chi connectivity index (χ0) is 14.6. The van der Waals surface area contributed by atoms with Crippen LogP contribution in [0.25, 0.3) is 0 Å². The molecule has 1 N–H and O–H groups in total. The normalized spacial score (nSPS) is 16.8. The summed E-state index contributed by atoms with van der Waals surface area (Å²) in [5.74, 6) is -1.23. The molecule has 0 bridgehead atoms. The van der Waals surface area contributed by atoms with Gasteiger partial charge in [-0.1, -0.05) is 6.07 Å². The molecule has 0 radical (unpaired) electrons. The summed E-state index contributed by atoms with van der Waals surface area (Å²) in [7, 11) is 0. The summed E-state index contributed by atoms with van der Waals surface area (Å²) in [5.41, 5.74) is -1.34. The van der Waals surface area contributed by atoms with Crippen LogP contribution in [0.15, 0.2) is 18.2 Å². The van der Waals surface area contributed by atoms with Gasteiger partial charge in [-0.15, -0.1) is 0 Å². The van der Waals surface area contributed by atoms with E-state index >= 15 is 0 Å². The molecule has 1 aromatic rings. The van der Waals surface area contributed by atoms with Crippen molar-refractivity contribution in [3.63, 3.8) is 0 Å². The highest BCUT2D eigenvalue weighted by Crippen LogP contribution is 2.31. The van der Waals surface area contributed by atoms with Gasteiger partial charge in [-0.2, -0.15) is 10.5 Å². The van der Waals surface area contributed by atoms with Crippen LogP contribution in [0, 0.1) is 33.9 Å². The van der Waals surface area contributed by atoms with Gasteiger partial charge in [0.25, 0.3) is 0 Å². The summed E-state index contributed by atoms with van der Waals surface area (Å²) < 4.78 is 18.6. The van der Waals surface area contributed by atoms with Gasteiger partial charge in [-0.05, 0) is 25.0 Å². The maximum Gasteiger partial charge on any atom is 0.245 e. The molecule has 1 fully saturated rings. The number of hydrogen-bond acceptors (Lipinski definition) is 4. The van der Waals surface area contributed by atoms with Crippen LogP contribution < -0.4 is 5.32 Å². The minimum absolute atomic E-state index is 0.0821. The molecule has 1 aliphatic rings. The minimum atomic E-state index is -1.18. The highest BCUT2D eigenvalue weighted by Gasteiger charge is 2.40. The number of rotatable bonds is 2. The molecule has 1 saturated heterocycles. The Balaban J connectivity index is 2.26. The van der Waals surface area contributed by atoms with E-state index in [-0.39, 0.29) is 24.1 Å². The van der Waals surface area contributed by atoms with Crippen molar-refractivity contribution in [2.45, 2.75) is 12.8 Å². The van der Waals surface area contributed by atoms with Crippen LogP contribution in [0.1, 0.15) is 18.4 Å². The number of carbonyl (C=O) groups is 1. The van der Waals surface area contributed by atoms with Gasteiger partial charge in [-0.3, -0.25) is 4.79 Å². The van der Waals surface area contributed by atoms with Crippen molar-refractivity contribution in [2.75, 3.05) is 18.5 Å². The Kier molecular flexibility index (Phi) is 3.97. The van der Waals surface area contributed by atoms with Gasteiger partial charge in [0, 0.05) is 13.2 Å². The van der Waals surface area contributed by atoms with Crippen molar-refractivity contribution in [3.8, 4) is 12.1 Å². The molecular formula is C14H12FN3O2. The molecule has 0 aliphatic carbocycles. The number of amides is 1. The molecule has 5 nitrogen and oxygen atoms in total. The predicted octanol–water partition coefficient (Wildman–Crippen LogP) is 1.96. The number of halogens is 1. The van der Waals surface area contributed by atoms with Gasteiger partial charge >= 0.3 is 0 Å². The maximum absolute atomic E-state index is 13.5. The van der Waals surface area contributed by atoms with Gasteiger partial charge < -0.3 is 10.1 Å². The summed E-state index contributed by atoms with van der Waals surface area (Å²) in [6.07, 6.45) is 0.569. The van der Waals surface area contributed by atoms with Gasteiger partial charge in [0.1, 0.15) is 22.9 Å². The fourth-order valence-corrected chi connectivity index (χ4v) is 2.09. The number of nitrogens with one attached hydrogen (secondary N) is 1. The lowest BCUT2D eigenvalue weighted by Gasteiger charge is -2.29. The monoisotopic (exact) mass is 273 g/mol. The lowest BCUT2D eigenvalue weighted by molar-refractivity contribution is -0.126. The third-order valence-corrected chi connectivity index (χ3v) is 3.37. The first kappa shape index (κ1) is 14.0. The van der Waals surface area contributed by atoms with Crippen LogP contribution in [0.4, 0.5) is 10.1 Å². The molecular weight excluding hydrogens is 261 g/mol. The van der Waals surface area contributed by atoms with Gasteiger partial charge in [0.05, 0.1) is 11.8 Å². The molecule has 2 rings (SSSR count). The van der Waals surface area contributed by atoms with E-state index in [1.165, 1.54) is 12.1 Å². The van der Waals surface area contributed by atoms with Crippen LogP contribution >= 0.6 is 0 Å². The third-order valence-electron chi connectivity index (χ3n) is 3.37. The number of anilines is 1. The molecule has 6 heteroatoms. The Bertz CT molecular complexity index is 610.